The van der Waals surface area contributed by atoms with Crippen molar-refractivity contribution in [2.24, 2.45) is 5.92 Å². The van der Waals surface area contributed by atoms with E-state index in [0.29, 0.717) is 17.5 Å². The number of halogens is 1. The van der Waals surface area contributed by atoms with Gasteiger partial charge < -0.3 is 20.4 Å². The van der Waals surface area contributed by atoms with Crippen LogP contribution < -0.4 is 15.5 Å². The highest BCUT2D eigenvalue weighted by Gasteiger charge is 2.46. The van der Waals surface area contributed by atoms with Crippen LogP contribution in [0.5, 0.6) is 0 Å². The van der Waals surface area contributed by atoms with Crippen LogP contribution in [0.4, 0.5) is 17.5 Å². The lowest BCUT2D eigenvalue weighted by atomic mass is 10.1. The molecule has 1 aliphatic carbocycles. The molecule has 2 bridgehead atoms. The van der Waals surface area contributed by atoms with Crippen molar-refractivity contribution in [2.75, 3.05) is 30.4 Å². The first kappa shape index (κ1) is 20.0. The third kappa shape index (κ3) is 3.89. The molecule has 9 nitrogen and oxygen atoms in total. The molecule has 2 saturated heterocycles. The summed E-state index contributed by atoms with van der Waals surface area (Å²) in [5.74, 6) is 1.52. The van der Waals surface area contributed by atoms with Crippen LogP contribution in [0.1, 0.15) is 36.2 Å². The minimum absolute atomic E-state index is 0.165. The number of piperazine rings is 1. The van der Waals surface area contributed by atoms with Crippen LogP contribution >= 0.6 is 11.6 Å². The van der Waals surface area contributed by atoms with Crippen LogP contribution in [0.25, 0.3) is 0 Å². The smallest absolute Gasteiger partial charge is 0.271 e. The molecule has 2 aromatic heterocycles. The number of rotatable bonds is 5. The van der Waals surface area contributed by atoms with Crippen LogP contribution in [0.2, 0.25) is 5.02 Å². The van der Waals surface area contributed by atoms with Crippen molar-refractivity contribution in [1.82, 2.24) is 25.2 Å². The zero-order chi connectivity index (χ0) is 21.5. The highest BCUT2D eigenvalue weighted by molar-refractivity contribution is 6.33. The van der Waals surface area contributed by atoms with Gasteiger partial charge in [-0.1, -0.05) is 11.6 Å². The minimum atomic E-state index is -0.344. The normalized spacial score (nSPS) is 22.4. The van der Waals surface area contributed by atoms with Gasteiger partial charge in [0.2, 0.25) is 11.9 Å². The van der Waals surface area contributed by atoms with Gasteiger partial charge in [0.1, 0.15) is 11.5 Å². The van der Waals surface area contributed by atoms with E-state index < -0.39 is 0 Å². The zero-order valence-electron chi connectivity index (χ0n) is 17.2. The number of hydrogen-bond donors (Lipinski definition) is 2. The van der Waals surface area contributed by atoms with E-state index in [1.807, 2.05) is 6.07 Å². The van der Waals surface area contributed by atoms with Gasteiger partial charge in [-0.05, 0) is 37.8 Å². The average molecular weight is 442 g/mol. The molecular weight excluding hydrogens is 418 g/mol. The molecule has 0 unspecified atom stereocenters. The maximum atomic E-state index is 12.7. The van der Waals surface area contributed by atoms with E-state index in [-0.39, 0.29) is 34.6 Å². The minimum Gasteiger partial charge on any atom is -0.354 e. The molecule has 0 spiro atoms. The fourth-order valence-electron chi connectivity index (χ4n) is 4.50. The second-order valence-corrected chi connectivity index (χ2v) is 8.71. The summed E-state index contributed by atoms with van der Waals surface area (Å²) in [6.45, 7) is 1.58. The van der Waals surface area contributed by atoms with Crippen LogP contribution in [-0.4, -0.2) is 63.9 Å². The molecule has 2 aromatic rings. The molecular formula is C21H24ClN7O2. The van der Waals surface area contributed by atoms with Crippen LogP contribution in [0, 0.1) is 5.92 Å². The number of nitrogens with one attached hydrogen (secondary N) is 2. The summed E-state index contributed by atoms with van der Waals surface area (Å²) in [6, 6.07) is 4.04. The van der Waals surface area contributed by atoms with Crippen molar-refractivity contribution in [2.45, 2.75) is 37.8 Å². The molecule has 10 heteroatoms. The summed E-state index contributed by atoms with van der Waals surface area (Å²) in [4.78, 5) is 41.9. The number of carbonyl (C=O) groups excluding carboxylic acids is 2. The van der Waals surface area contributed by atoms with Crippen molar-refractivity contribution < 1.29 is 9.59 Å². The first-order valence-electron chi connectivity index (χ1n) is 10.6. The van der Waals surface area contributed by atoms with E-state index in [2.05, 4.69) is 35.4 Å². The Kier molecular flexibility index (Phi) is 5.13. The third-order valence-electron chi connectivity index (χ3n) is 6.17. The van der Waals surface area contributed by atoms with E-state index in [0.717, 1.165) is 44.6 Å². The van der Waals surface area contributed by atoms with E-state index in [1.165, 1.54) is 13.2 Å². The summed E-state index contributed by atoms with van der Waals surface area (Å²) >= 11 is 6.18. The van der Waals surface area contributed by atoms with Crippen LogP contribution in [0.3, 0.4) is 0 Å². The van der Waals surface area contributed by atoms with Crippen molar-refractivity contribution in [3.8, 4) is 0 Å². The molecule has 0 radical (unpaired) electrons. The molecule has 4 heterocycles. The van der Waals surface area contributed by atoms with Gasteiger partial charge in [-0.2, -0.15) is 4.98 Å². The first-order chi connectivity index (χ1) is 15.0. The number of aromatic nitrogens is 3. The Balaban J connectivity index is 1.29. The topological polar surface area (TPSA) is 103 Å². The van der Waals surface area contributed by atoms with Gasteiger partial charge in [0.05, 0.1) is 16.9 Å². The molecule has 162 valence electrons. The van der Waals surface area contributed by atoms with Gasteiger partial charge in [-0.15, -0.1) is 0 Å². The Bertz CT molecular complexity index is 1010. The van der Waals surface area contributed by atoms with Gasteiger partial charge in [0.15, 0.2) is 0 Å². The maximum Gasteiger partial charge on any atom is 0.271 e. The van der Waals surface area contributed by atoms with E-state index in [1.54, 1.807) is 12.3 Å². The van der Waals surface area contributed by atoms with E-state index in [4.69, 9.17) is 11.6 Å². The standard InChI is InChI=1S/C21H24ClN7O2/c1-23-19(30)18-16(22)8-13(9-25-18)26-21-24-7-6-17(27-21)28-10-14-4-5-15(11-28)29(14)20(31)12-2-3-12/h6-9,12,14-15H,2-5,10-11H2,1H3,(H,23,30)(H,24,26,27)/t14-,15+. The molecule has 0 aromatic carbocycles. The molecule has 3 fully saturated rings. The molecule has 2 atom stereocenters. The molecule has 2 amide bonds. The van der Waals surface area contributed by atoms with Crippen molar-refractivity contribution in [3.05, 3.63) is 35.2 Å². The summed E-state index contributed by atoms with van der Waals surface area (Å²) < 4.78 is 0. The Morgan fingerprint density at radius 3 is 2.52 bits per heavy atom. The van der Waals surface area contributed by atoms with E-state index >= 15 is 0 Å². The van der Waals surface area contributed by atoms with Gasteiger partial charge in [0, 0.05) is 44.3 Å². The number of fused-ring (bicyclic) bond motifs is 2. The third-order valence-corrected chi connectivity index (χ3v) is 6.46. The fraction of sp³-hybridized carbons (Fsp3) is 0.476. The van der Waals surface area contributed by atoms with Gasteiger partial charge in [-0.25, -0.2) is 9.97 Å². The lowest BCUT2D eigenvalue weighted by Gasteiger charge is -2.41. The number of hydrogen-bond acceptors (Lipinski definition) is 7. The number of nitrogens with zero attached hydrogens (tertiary/aromatic N) is 5. The Morgan fingerprint density at radius 1 is 1.13 bits per heavy atom. The Labute approximate surface area is 185 Å². The monoisotopic (exact) mass is 441 g/mol. The largest absolute Gasteiger partial charge is 0.354 e. The predicted octanol–water partition coefficient (Wildman–Crippen LogP) is 2.22. The highest BCUT2D eigenvalue weighted by atomic mass is 35.5. The van der Waals surface area contributed by atoms with Gasteiger partial charge >= 0.3 is 0 Å². The Morgan fingerprint density at radius 2 is 1.87 bits per heavy atom. The van der Waals surface area contributed by atoms with Crippen molar-refractivity contribution >= 4 is 40.9 Å². The SMILES string of the molecule is CNC(=O)c1ncc(Nc2nccc(N3C[C@H]4CC[C@@H](C3)N4C(=O)C3CC3)n2)cc1Cl. The highest BCUT2D eigenvalue weighted by Crippen LogP contribution is 2.38. The summed E-state index contributed by atoms with van der Waals surface area (Å²) in [5, 5.41) is 5.85. The first-order valence-corrected chi connectivity index (χ1v) is 11.0. The van der Waals surface area contributed by atoms with Crippen LogP contribution in [0.15, 0.2) is 24.5 Å². The van der Waals surface area contributed by atoms with E-state index in [9.17, 15) is 9.59 Å². The molecule has 2 aliphatic heterocycles. The zero-order valence-corrected chi connectivity index (χ0v) is 18.0. The second kappa shape index (κ2) is 7.96. The quantitative estimate of drug-likeness (QED) is 0.733. The molecule has 3 aliphatic rings. The lowest BCUT2D eigenvalue weighted by molar-refractivity contribution is -0.135. The lowest BCUT2D eigenvalue weighted by Crippen LogP contribution is -2.56. The number of pyridine rings is 1. The van der Waals surface area contributed by atoms with Gasteiger partial charge in [0.25, 0.3) is 5.91 Å². The molecule has 2 N–H and O–H groups in total. The summed E-state index contributed by atoms with van der Waals surface area (Å²) in [6.07, 6.45) is 7.43. The number of anilines is 3. The Hall–Kier alpha value is -2.94. The number of carbonyl (C=O) groups is 2. The fourth-order valence-corrected chi connectivity index (χ4v) is 4.75. The molecule has 1 saturated carbocycles. The summed E-state index contributed by atoms with van der Waals surface area (Å²) in [7, 11) is 1.53. The van der Waals surface area contributed by atoms with Gasteiger partial charge in [-0.3, -0.25) is 9.59 Å². The number of amides is 2. The second-order valence-electron chi connectivity index (χ2n) is 8.31. The molecule has 5 rings (SSSR count). The van der Waals surface area contributed by atoms with Crippen LogP contribution in [-0.2, 0) is 4.79 Å². The average Bonchev–Trinajstić information content (AvgIpc) is 3.58. The van der Waals surface area contributed by atoms with Crippen molar-refractivity contribution in [1.29, 1.82) is 0 Å². The maximum absolute atomic E-state index is 12.7. The predicted molar refractivity (Wildman–Crippen MR) is 117 cm³/mol. The molecule has 31 heavy (non-hydrogen) atoms. The summed E-state index contributed by atoms with van der Waals surface area (Å²) in [5.41, 5.74) is 0.758. The van der Waals surface area contributed by atoms with Crippen molar-refractivity contribution in [3.63, 3.8) is 0 Å².